The zero-order chi connectivity index (χ0) is 12.8. The smallest absolute Gasteiger partial charge is 0.267 e. The highest BCUT2D eigenvalue weighted by Crippen LogP contribution is 2.41. The number of hydrogen-bond acceptors (Lipinski definition) is 4. The van der Waals surface area contributed by atoms with Gasteiger partial charge in [0.1, 0.15) is 0 Å². The molecular weight excluding hydrogens is 222 g/mol. The Bertz CT molecular complexity index is 438. The van der Waals surface area contributed by atoms with Crippen molar-refractivity contribution in [2.45, 2.75) is 38.9 Å². The van der Waals surface area contributed by atoms with Crippen LogP contribution in [-0.4, -0.2) is 29.2 Å². The average Bonchev–Trinajstić information content (AvgIpc) is 2.89. The van der Waals surface area contributed by atoms with E-state index in [1.54, 1.807) is 6.92 Å². The van der Waals surface area contributed by atoms with E-state index < -0.39 is 23.4 Å². The van der Waals surface area contributed by atoms with Crippen molar-refractivity contribution in [1.29, 1.82) is 0 Å². The van der Waals surface area contributed by atoms with Crippen molar-refractivity contribution in [2.24, 2.45) is 5.92 Å². The molecule has 1 N–H and O–H groups in total. The van der Waals surface area contributed by atoms with Crippen molar-refractivity contribution in [3.05, 3.63) is 11.8 Å². The third-order valence-electron chi connectivity index (χ3n) is 2.88. The summed E-state index contributed by atoms with van der Waals surface area (Å²) in [4.78, 5) is 35.3. The fourth-order valence-corrected chi connectivity index (χ4v) is 2.04. The highest BCUT2D eigenvalue weighted by Gasteiger charge is 2.71. The minimum absolute atomic E-state index is 0.183. The van der Waals surface area contributed by atoms with Gasteiger partial charge in [-0.25, -0.2) is 0 Å². The van der Waals surface area contributed by atoms with Crippen LogP contribution in [0.15, 0.2) is 11.8 Å². The van der Waals surface area contributed by atoms with Gasteiger partial charge >= 0.3 is 0 Å². The predicted molar refractivity (Wildman–Crippen MR) is 59.0 cm³/mol. The first-order chi connectivity index (χ1) is 7.87. The van der Waals surface area contributed by atoms with E-state index >= 15 is 0 Å². The third kappa shape index (κ3) is 1.80. The second-order valence-corrected chi connectivity index (χ2v) is 4.94. The zero-order valence-electron chi connectivity index (χ0n) is 10.1. The number of Topliss-reactive ketones (excluding diaryl/α,β-unsaturated/α-hetero) is 1. The number of allylic oxidation sites excluding steroid dienone is 1. The van der Waals surface area contributed by atoms with Gasteiger partial charge < -0.3 is 10.1 Å². The molecule has 2 atom stereocenters. The van der Waals surface area contributed by atoms with Gasteiger partial charge in [-0.05, 0) is 12.8 Å². The maximum atomic E-state index is 11.8. The fraction of sp³-hybridized carbons (Fsp3) is 0.583. The molecule has 0 radical (unpaired) electrons. The van der Waals surface area contributed by atoms with Gasteiger partial charge in [0.15, 0.2) is 11.9 Å². The molecule has 17 heavy (non-hydrogen) atoms. The topological polar surface area (TPSA) is 75.8 Å². The van der Waals surface area contributed by atoms with Gasteiger partial charge in [0, 0.05) is 18.2 Å². The Kier molecular flexibility index (Phi) is 2.66. The summed E-state index contributed by atoms with van der Waals surface area (Å²) < 4.78 is 5.13. The highest BCUT2D eigenvalue weighted by molar-refractivity contribution is 6.23. The standard InChI is InChI=1S/C12H15NO4/c1-6(2)4-8(14)10-12(17-10)9(15)5-7(3)13-11(12)16/h5-6,10H,4H2,1-3H3,(H,13,16)/t10-,12+/m0/s1. The average molecular weight is 237 g/mol. The van der Waals surface area contributed by atoms with E-state index in [2.05, 4.69) is 5.32 Å². The molecule has 2 rings (SSSR count). The van der Waals surface area contributed by atoms with Gasteiger partial charge in [-0.1, -0.05) is 13.8 Å². The summed E-state index contributed by atoms with van der Waals surface area (Å²) in [7, 11) is 0. The van der Waals surface area contributed by atoms with Crippen LogP contribution in [0.2, 0.25) is 0 Å². The summed E-state index contributed by atoms with van der Waals surface area (Å²) in [6, 6.07) is 0. The molecule has 0 aromatic heterocycles. The highest BCUT2D eigenvalue weighted by atomic mass is 16.6. The molecule has 5 nitrogen and oxygen atoms in total. The number of rotatable bonds is 3. The number of amides is 1. The summed E-state index contributed by atoms with van der Waals surface area (Å²) >= 11 is 0. The molecule has 0 aromatic rings. The second kappa shape index (κ2) is 3.77. The van der Waals surface area contributed by atoms with Crippen molar-refractivity contribution in [1.82, 2.24) is 5.32 Å². The van der Waals surface area contributed by atoms with E-state index in [9.17, 15) is 14.4 Å². The van der Waals surface area contributed by atoms with Crippen LogP contribution in [0.25, 0.3) is 0 Å². The number of ether oxygens (including phenoxy) is 1. The Morgan fingerprint density at radius 1 is 1.53 bits per heavy atom. The van der Waals surface area contributed by atoms with Crippen LogP contribution in [0, 0.1) is 5.92 Å². The fourth-order valence-electron chi connectivity index (χ4n) is 2.04. The van der Waals surface area contributed by atoms with Crippen LogP contribution in [0.4, 0.5) is 0 Å². The number of ketones is 2. The third-order valence-corrected chi connectivity index (χ3v) is 2.88. The van der Waals surface area contributed by atoms with Crippen molar-refractivity contribution < 1.29 is 19.1 Å². The van der Waals surface area contributed by atoms with E-state index in [0.29, 0.717) is 12.1 Å². The Balaban J connectivity index is 2.17. The minimum atomic E-state index is -1.56. The first kappa shape index (κ1) is 12.0. The molecule has 1 amide bonds. The molecule has 2 heterocycles. The molecule has 0 saturated carbocycles. The zero-order valence-corrected chi connectivity index (χ0v) is 10.1. The van der Waals surface area contributed by atoms with Gasteiger partial charge in [0.25, 0.3) is 5.91 Å². The SMILES string of the molecule is CC1=CC(=O)[C@]2(O[C@H]2C(=O)CC(C)C)C(=O)N1. The lowest BCUT2D eigenvalue weighted by Gasteiger charge is -2.16. The van der Waals surface area contributed by atoms with Crippen LogP contribution in [0.3, 0.4) is 0 Å². The summed E-state index contributed by atoms with van der Waals surface area (Å²) in [6.07, 6.45) is 0.724. The Labute approximate surface area is 99.2 Å². The molecular formula is C12H15NO4. The molecule has 1 spiro atoms. The number of nitrogens with one attached hydrogen (secondary N) is 1. The first-order valence-corrected chi connectivity index (χ1v) is 5.62. The molecule has 0 aromatic carbocycles. The maximum Gasteiger partial charge on any atom is 0.267 e. The van der Waals surface area contributed by atoms with Gasteiger partial charge in [0.05, 0.1) is 0 Å². The lowest BCUT2D eigenvalue weighted by Crippen LogP contribution is -2.48. The lowest BCUT2D eigenvalue weighted by atomic mass is 9.90. The van der Waals surface area contributed by atoms with Crippen LogP contribution in [-0.2, 0) is 19.1 Å². The van der Waals surface area contributed by atoms with Gasteiger partial charge in [-0.3, -0.25) is 14.4 Å². The molecule has 2 aliphatic rings. The summed E-state index contributed by atoms with van der Waals surface area (Å²) in [5.41, 5.74) is -1.08. The number of carbonyl (C=O) groups excluding carboxylic acids is 3. The molecule has 0 unspecified atom stereocenters. The van der Waals surface area contributed by atoms with E-state index in [4.69, 9.17) is 4.74 Å². The Morgan fingerprint density at radius 2 is 2.18 bits per heavy atom. The molecule has 1 fully saturated rings. The Hall–Kier alpha value is -1.49. The molecule has 0 aliphatic carbocycles. The van der Waals surface area contributed by atoms with E-state index in [0.717, 1.165) is 0 Å². The minimum Gasteiger partial charge on any atom is -0.339 e. The van der Waals surface area contributed by atoms with Gasteiger partial charge in [-0.15, -0.1) is 0 Å². The lowest BCUT2D eigenvalue weighted by molar-refractivity contribution is -0.134. The summed E-state index contributed by atoms with van der Waals surface area (Å²) in [5.74, 6) is -0.954. The van der Waals surface area contributed by atoms with Crippen LogP contribution in [0.5, 0.6) is 0 Å². The molecule has 2 aliphatic heterocycles. The molecule has 5 heteroatoms. The van der Waals surface area contributed by atoms with Crippen molar-refractivity contribution >= 4 is 17.5 Å². The molecule has 1 saturated heterocycles. The van der Waals surface area contributed by atoms with E-state index in [1.165, 1.54) is 6.08 Å². The molecule has 92 valence electrons. The van der Waals surface area contributed by atoms with E-state index in [1.807, 2.05) is 13.8 Å². The van der Waals surface area contributed by atoms with Gasteiger partial charge in [0.2, 0.25) is 11.4 Å². The van der Waals surface area contributed by atoms with Crippen molar-refractivity contribution in [2.75, 3.05) is 0 Å². The summed E-state index contributed by atoms with van der Waals surface area (Å²) in [5, 5.41) is 2.52. The summed E-state index contributed by atoms with van der Waals surface area (Å²) in [6.45, 7) is 5.43. The van der Waals surface area contributed by atoms with Crippen molar-refractivity contribution in [3.8, 4) is 0 Å². The van der Waals surface area contributed by atoms with Crippen LogP contribution < -0.4 is 5.32 Å². The van der Waals surface area contributed by atoms with E-state index in [-0.39, 0.29) is 11.7 Å². The normalized spacial score (nSPS) is 31.5. The monoisotopic (exact) mass is 237 g/mol. The quantitative estimate of drug-likeness (QED) is 0.567. The van der Waals surface area contributed by atoms with Crippen LogP contribution >= 0.6 is 0 Å². The number of carbonyl (C=O) groups is 3. The largest absolute Gasteiger partial charge is 0.339 e. The molecule has 0 bridgehead atoms. The number of hydrogen-bond donors (Lipinski definition) is 1. The van der Waals surface area contributed by atoms with Crippen molar-refractivity contribution in [3.63, 3.8) is 0 Å². The second-order valence-electron chi connectivity index (χ2n) is 4.94. The first-order valence-electron chi connectivity index (χ1n) is 5.62. The maximum absolute atomic E-state index is 11.8. The van der Waals surface area contributed by atoms with Gasteiger partial charge in [-0.2, -0.15) is 0 Å². The predicted octanol–water partition coefficient (Wildman–Crippen LogP) is 0.342. The Morgan fingerprint density at radius 3 is 2.71 bits per heavy atom. The number of epoxide rings is 1. The van der Waals surface area contributed by atoms with Crippen LogP contribution in [0.1, 0.15) is 27.2 Å².